The molecule has 0 spiro atoms. The molecule has 2 fully saturated rings. The minimum Gasteiger partial charge on any atom is -0.508 e. The number of pyridine rings is 1. The smallest absolute Gasteiger partial charge is 0.238 e. The number of hydrogen-bond acceptors (Lipinski definition) is 7. The number of amides is 2. The number of hydrogen-bond donors (Lipinski definition) is 2. The molecule has 244 valence electrons. The molecule has 2 saturated heterocycles. The van der Waals surface area contributed by atoms with Crippen molar-refractivity contribution in [3.8, 4) is 5.75 Å². The summed E-state index contributed by atoms with van der Waals surface area (Å²) in [5, 5.41) is 13.6. The van der Waals surface area contributed by atoms with E-state index < -0.39 is 11.8 Å². The van der Waals surface area contributed by atoms with Crippen LogP contribution in [0.5, 0.6) is 5.75 Å². The number of anilines is 3. The highest BCUT2D eigenvalue weighted by atomic mass is 35.5. The zero-order valence-electron chi connectivity index (χ0n) is 26.5. The number of carbonyl (C=O) groups excluding carboxylic acids is 2. The van der Waals surface area contributed by atoms with E-state index in [1.165, 1.54) is 11.0 Å². The summed E-state index contributed by atoms with van der Waals surface area (Å²) in [6.07, 6.45) is 5.26. The first kappa shape index (κ1) is 31.8. The predicted molar refractivity (Wildman–Crippen MR) is 187 cm³/mol. The second kappa shape index (κ2) is 13.8. The van der Waals surface area contributed by atoms with Gasteiger partial charge >= 0.3 is 0 Å². The van der Waals surface area contributed by atoms with E-state index in [1.54, 1.807) is 25.4 Å². The minimum absolute atomic E-state index is 0.103. The van der Waals surface area contributed by atoms with Gasteiger partial charge < -0.3 is 19.9 Å². The Hall–Kier alpha value is -4.76. The molecule has 1 aromatic heterocycles. The van der Waals surface area contributed by atoms with Crippen LogP contribution < -0.4 is 10.2 Å². The van der Waals surface area contributed by atoms with Gasteiger partial charge in [0.15, 0.2) is 0 Å². The third-order valence-corrected chi connectivity index (χ3v) is 9.83. The number of para-hydroxylation sites is 1. The molecule has 1 aliphatic carbocycles. The number of nitrogens with zero attached hydrogens (tertiary/aromatic N) is 2. The lowest BCUT2D eigenvalue weighted by Crippen LogP contribution is -2.35. The Balaban J connectivity index is 1.12. The summed E-state index contributed by atoms with van der Waals surface area (Å²) in [5.74, 6) is -1.38. The Morgan fingerprint density at radius 3 is 2.50 bits per heavy atom. The van der Waals surface area contributed by atoms with E-state index >= 15 is 0 Å². The molecule has 2 aliphatic heterocycles. The van der Waals surface area contributed by atoms with Crippen molar-refractivity contribution < 1.29 is 24.2 Å². The van der Waals surface area contributed by atoms with Crippen LogP contribution in [0, 0.1) is 17.8 Å². The predicted octanol–water partition coefficient (Wildman–Crippen LogP) is 7.67. The fraction of sp³-hybridized carbons (Fsp3) is 0.256. The maximum Gasteiger partial charge on any atom is 0.238 e. The van der Waals surface area contributed by atoms with Gasteiger partial charge in [0.2, 0.25) is 11.8 Å². The minimum atomic E-state index is -0.484. The molecule has 9 heteroatoms. The number of imide groups is 1. The fourth-order valence-corrected chi connectivity index (χ4v) is 7.58. The first-order valence-corrected chi connectivity index (χ1v) is 16.5. The molecule has 3 aliphatic rings. The van der Waals surface area contributed by atoms with Crippen LogP contribution in [0.2, 0.25) is 5.02 Å². The van der Waals surface area contributed by atoms with Gasteiger partial charge in [0.05, 0.1) is 47.6 Å². The van der Waals surface area contributed by atoms with Crippen molar-refractivity contribution in [1.29, 1.82) is 0 Å². The summed E-state index contributed by atoms with van der Waals surface area (Å²) in [4.78, 5) is 33.9. The van der Waals surface area contributed by atoms with Crippen molar-refractivity contribution in [2.75, 3.05) is 30.5 Å². The largest absolute Gasteiger partial charge is 0.508 e. The standard InChI is InChI=1S/C39H36ClN3O5/c1-47-22-26-20-31-37(39(46)43(38(31)45)29-14-12-28(13-15-29)42-27-7-3-2-4-8-27)32-23-48-35(36(26)32)17-11-25(34-9-5-6-18-41-34)19-24-10-16-30(44)21-33(24)40/h2-10,12-16,18-19,21,31-32,35,37,42,44H,11,17,20,22-23H2,1H3/b25-19-/t31-,32+,35-,37-/m1/s1. The van der Waals surface area contributed by atoms with Crippen LogP contribution in [0.3, 0.4) is 0 Å². The van der Waals surface area contributed by atoms with E-state index in [4.69, 9.17) is 21.1 Å². The van der Waals surface area contributed by atoms with E-state index in [0.717, 1.165) is 39.4 Å². The van der Waals surface area contributed by atoms with Crippen molar-refractivity contribution in [2.45, 2.75) is 25.4 Å². The first-order valence-electron chi connectivity index (χ1n) is 16.1. The molecule has 7 rings (SSSR count). The Kier molecular flexibility index (Phi) is 9.13. The number of fused-ring (bicyclic) bond motifs is 3. The van der Waals surface area contributed by atoms with E-state index in [0.29, 0.717) is 43.2 Å². The van der Waals surface area contributed by atoms with Crippen LogP contribution in [-0.4, -0.2) is 48.3 Å². The van der Waals surface area contributed by atoms with Crippen molar-refractivity contribution in [1.82, 2.24) is 4.98 Å². The summed E-state index contributed by atoms with van der Waals surface area (Å²) in [6, 6.07) is 27.9. The maximum atomic E-state index is 14.1. The van der Waals surface area contributed by atoms with Crippen molar-refractivity contribution >= 4 is 52.1 Å². The zero-order chi connectivity index (χ0) is 33.2. The van der Waals surface area contributed by atoms with E-state index in [-0.39, 0.29) is 29.6 Å². The Morgan fingerprint density at radius 2 is 1.77 bits per heavy atom. The second-order valence-electron chi connectivity index (χ2n) is 12.4. The summed E-state index contributed by atoms with van der Waals surface area (Å²) in [7, 11) is 1.65. The van der Waals surface area contributed by atoms with Crippen LogP contribution >= 0.6 is 11.6 Å². The molecule has 2 amide bonds. The molecule has 0 bridgehead atoms. The lowest BCUT2D eigenvalue weighted by atomic mass is 9.69. The second-order valence-corrected chi connectivity index (χ2v) is 12.8. The number of carbonyl (C=O) groups is 2. The highest BCUT2D eigenvalue weighted by Crippen LogP contribution is 2.51. The number of aromatic hydroxyl groups is 1. The Morgan fingerprint density at radius 1 is 1.00 bits per heavy atom. The molecule has 0 unspecified atom stereocenters. The van der Waals surface area contributed by atoms with Gasteiger partial charge in [-0.2, -0.15) is 0 Å². The van der Waals surface area contributed by atoms with Crippen molar-refractivity contribution in [3.05, 3.63) is 125 Å². The summed E-state index contributed by atoms with van der Waals surface area (Å²) in [6.45, 7) is 0.746. The fourth-order valence-electron chi connectivity index (χ4n) is 7.35. The summed E-state index contributed by atoms with van der Waals surface area (Å²) < 4.78 is 12.1. The Labute approximate surface area is 284 Å². The molecule has 48 heavy (non-hydrogen) atoms. The van der Waals surface area contributed by atoms with E-state index in [9.17, 15) is 14.7 Å². The average molecular weight is 662 g/mol. The van der Waals surface area contributed by atoms with Gasteiger partial charge in [0.25, 0.3) is 0 Å². The van der Waals surface area contributed by atoms with Gasteiger partial charge in [-0.1, -0.05) is 35.9 Å². The molecule has 4 atom stereocenters. The molecule has 0 saturated carbocycles. The number of nitrogens with one attached hydrogen (secondary N) is 1. The molecular weight excluding hydrogens is 626 g/mol. The van der Waals surface area contributed by atoms with Crippen LogP contribution in [0.25, 0.3) is 11.6 Å². The highest BCUT2D eigenvalue weighted by molar-refractivity contribution is 6.32. The number of ether oxygens (including phenoxy) is 2. The zero-order valence-corrected chi connectivity index (χ0v) is 27.3. The monoisotopic (exact) mass is 661 g/mol. The quantitative estimate of drug-likeness (QED) is 0.133. The van der Waals surface area contributed by atoms with Crippen molar-refractivity contribution in [2.24, 2.45) is 17.8 Å². The maximum absolute atomic E-state index is 14.1. The summed E-state index contributed by atoms with van der Waals surface area (Å²) in [5.41, 5.74) is 7.10. The van der Waals surface area contributed by atoms with Crippen LogP contribution in [-0.2, 0) is 19.1 Å². The van der Waals surface area contributed by atoms with Crippen LogP contribution in [0.15, 0.2) is 108 Å². The number of phenols is 1. The number of benzene rings is 3. The molecule has 3 aromatic carbocycles. The number of phenolic OH excluding ortho intramolecular Hbond substituents is 1. The molecule has 4 aromatic rings. The van der Waals surface area contributed by atoms with Gasteiger partial charge in [-0.15, -0.1) is 0 Å². The molecule has 2 N–H and O–H groups in total. The average Bonchev–Trinajstić information content (AvgIpc) is 3.63. The van der Waals surface area contributed by atoms with Gasteiger partial charge in [0, 0.05) is 30.6 Å². The van der Waals surface area contributed by atoms with Gasteiger partial charge in [0.1, 0.15) is 5.75 Å². The first-order chi connectivity index (χ1) is 23.4. The molecule has 8 nitrogen and oxygen atoms in total. The number of rotatable bonds is 10. The van der Waals surface area contributed by atoms with Gasteiger partial charge in [-0.05, 0) is 114 Å². The highest BCUT2D eigenvalue weighted by Gasteiger charge is 2.57. The Bertz CT molecular complexity index is 1880. The van der Waals surface area contributed by atoms with Crippen LogP contribution in [0.4, 0.5) is 17.1 Å². The SMILES string of the molecule is COCC1=C2[C@@H](CC/C(=C/c3ccc(O)cc3Cl)c3ccccn3)OC[C@@H]2[C@@H]2C(=O)N(c3ccc(Nc4ccccc4)cc3)C(=O)[C@@H]2C1. The van der Waals surface area contributed by atoms with Gasteiger partial charge in [-0.25, -0.2) is 0 Å². The summed E-state index contributed by atoms with van der Waals surface area (Å²) >= 11 is 6.47. The van der Waals surface area contributed by atoms with Crippen LogP contribution in [0.1, 0.15) is 30.5 Å². The topological polar surface area (TPSA) is 101 Å². The van der Waals surface area contributed by atoms with Gasteiger partial charge in [-0.3, -0.25) is 19.5 Å². The molecule has 3 heterocycles. The van der Waals surface area contributed by atoms with E-state index in [1.807, 2.05) is 78.9 Å². The third kappa shape index (κ3) is 6.27. The third-order valence-electron chi connectivity index (χ3n) is 9.50. The lowest BCUT2D eigenvalue weighted by molar-refractivity contribution is -0.122. The molecular formula is C39H36ClN3O5. The normalized spacial score (nSPS) is 22.2. The number of aromatic nitrogens is 1. The lowest BCUT2D eigenvalue weighted by Gasteiger charge is -2.31. The molecule has 0 radical (unpaired) electrons. The number of halogens is 1. The number of allylic oxidation sites excluding steroid dienone is 1. The van der Waals surface area contributed by atoms with Crippen molar-refractivity contribution in [3.63, 3.8) is 0 Å². The number of methoxy groups -OCH3 is 1. The van der Waals surface area contributed by atoms with E-state index in [2.05, 4.69) is 10.3 Å².